The standard InChI is InChI=1S/C13H17N3O2S2/c1-16-12-4-3-9(20(2,17)18)7-10(12)15-13(16)11-8-19-6-5-14-11/h3-4,7,11,14H,5-6,8H2,1-2H3. The maximum Gasteiger partial charge on any atom is 0.175 e. The molecule has 3 rings (SSSR count). The summed E-state index contributed by atoms with van der Waals surface area (Å²) in [6.07, 6.45) is 1.22. The minimum Gasteiger partial charge on any atom is -0.330 e. The third-order valence-electron chi connectivity index (χ3n) is 3.55. The van der Waals surface area contributed by atoms with Crippen LogP contribution in [0.5, 0.6) is 0 Å². The molecule has 1 aromatic heterocycles. The Morgan fingerprint density at radius 1 is 1.45 bits per heavy atom. The van der Waals surface area contributed by atoms with E-state index in [0.717, 1.165) is 34.9 Å². The molecule has 1 aliphatic rings. The molecular formula is C13H17N3O2S2. The van der Waals surface area contributed by atoms with E-state index in [1.807, 2.05) is 29.4 Å². The second-order valence-corrected chi connectivity index (χ2v) is 8.20. The lowest BCUT2D eigenvalue weighted by Gasteiger charge is -2.22. The number of fused-ring (bicyclic) bond motifs is 1. The molecule has 2 heterocycles. The third-order valence-corrected chi connectivity index (χ3v) is 5.72. The molecule has 2 aromatic rings. The Hall–Kier alpha value is -1.05. The molecule has 108 valence electrons. The number of aryl methyl sites for hydroxylation is 1. The zero-order chi connectivity index (χ0) is 14.3. The van der Waals surface area contributed by atoms with Crippen LogP contribution in [0.2, 0.25) is 0 Å². The number of hydrogen-bond acceptors (Lipinski definition) is 5. The minimum atomic E-state index is -3.19. The SMILES string of the molecule is Cn1c(C2CSCCN2)nc2cc(S(C)(=O)=O)ccc21. The molecule has 1 N–H and O–H groups in total. The van der Waals surface area contributed by atoms with E-state index in [1.54, 1.807) is 12.1 Å². The fraction of sp³-hybridized carbons (Fsp3) is 0.462. The lowest BCUT2D eigenvalue weighted by atomic mass is 10.3. The molecule has 1 fully saturated rings. The van der Waals surface area contributed by atoms with Crippen LogP contribution in [0.15, 0.2) is 23.1 Å². The molecule has 5 nitrogen and oxygen atoms in total. The number of thioether (sulfide) groups is 1. The van der Waals surface area contributed by atoms with Gasteiger partial charge in [0.15, 0.2) is 9.84 Å². The Morgan fingerprint density at radius 2 is 2.25 bits per heavy atom. The second-order valence-electron chi connectivity index (χ2n) is 5.03. The molecule has 1 atom stereocenters. The lowest BCUT2D eigenvalue weighted by Crippen LogP contribution is -2.32. The van der Waals surface area contributed by atoms with Crippen LogP contribution in [0.1, 0.15) is 11.9 Å². The van der Waals surface area contributed by atoms with Gasteiger partial charge in [0.25, 0.3) is 0 Å². The van der Waals surface area contributed by atoms with Crippen molar-refractivity contribution >= 4 is 32.6 Å². The van der Waals surface area contributed by atoms with Crippen LogP contribution < -0.4 is 5.32 Å². The Kier molecular flexibility index (Phi) is 3.51. The van der Waals surface area contributed by atoms with Crippen LogP contribution in [0.25, 0.3) is 11.0 Å². The molecule has 1 saturated heterocycles. The van der Waals surface area contributed by atoms with Gasteiger partial charge in [-0.15, -0.1) is 0 Å². The maximum absolute atomic E-state index is 11.6. The van der Waals surface area contributed by atoms with E-state index in [4.69, 9.17) is 0 Å². The topological polar surface area (TPSA) is 64.0 Å². The van der Waals surface area contributed by atoms with E-state index < -0.39 is 9.84 Å². The molecule has 0 radical (unpaired) electrons. The van der Waals surface area contributed by atoms with Crippen LogP contribution in [0.3, 0.4) is 0 Å². The number of hydrogen-bond donors (Lipinski definition) is 1. The minimum absolute atomic E-state index is 0.229. The van der Waals surface area contributed by atoms with Crippen molar-refractivity contribution in [1.29, 1.82) is 0 Å². The first-order valence-electron chi connectivity index (χ1n) is 6.44. The van der Waals surface area contributed by atoms with E-state index in [2.05, 4.69) is 10.3 Å². The Labute approximate surface area is 122 Å². The van der Waals surface area contributed by atoms with Crippen LogP contribution in [-0.2, 0) is 16.9 Å². The fourth-order valence-electron chi connectivity index (χ4n) is 2.47. The Balaban J connectivity index is 2.09. The monoisotopic (exact) mass is 311 g/mol. The van der Waals surface area contributed by atoms with Crippen molar-refractivity contribution in [2.24, 2.45) is 7.05 Å². The fourth-order valence-corrected chi connectivity index (χ4v) is 4.04. The molecule has 1 aliphatic heterocycles. The quantitative estimate of drug-likeness (QED) is 0.907. The van der Waals surface area contributed by atoms with Crippen molar-refractivity contribution in [1.82, 2.24) is 14.9 Å². The van der Waals surface area contributed by atoms with Gasteiger partial charge < -0.3 is 9.88 Å². The van der Waals surface area contributed by atoms with Crippen molar-refractivity contribution in [2.75, 3.05) is 24.3 Å². The van der Waals surface area contributed by atoms with Crippen LogP contribution in [0.4, 0.5) is 0 Å². The first-order chi connectivity index (χ1) is 9.47. The summed E-state index contributed by atoms with van der Waals surface area (Å²) in [5.41, 5.74) is 1.70. The Morgan fingerprint density at radius 3 is 2.90 bits per heavy atom. The summed E-state index contributed by atoms with van der Waals surface area (Å²) in [7, 11) is -1.21. The van der Waals surface area contributed by atoms with Gasteiger partial charge in [0.2, 0.25) is 0 Å². The number of rotatable bonds is 2. The average Bonchev–Trinajstić information content (AvgIpc) is 2.76. The summed E-state index contributed by atoms with van der Waals surface area (Å²) in [5, 5.41) is 3.46. The smallest absolute Gasteiger partial charge is 0.175 e. The molecule has 0 saturated carbocycles. The van der Waals surface area contributed by atoms with Gasteiger partial charge in [0, 0.05) is 31.4 Å². The molecule has 0 bridgehead atoms. The van der Waals surface area contributed by atoms with Crippen molar-refractivity contribution in [2.45, 2.75) is 10.9 Å². The number of nitrogens with zero attached hydrogens (tertiary/aromatic N) is 2. The largest absolute Gasteiger partial charge is 0.330 e. The summed E-state index contributed by atoms with van der Waals surface area (Å²) >= 11 is 1.91. The highest BCUT2D eigenvalue weighted by Crippen LogP contribution is 2.26. The number of aromatic nitrogens is 2. The predicted octanol–water partition coefficient (Wildman–Crippen LogP) is 1.35. The maximum atomic E-state index is 11.6. The van der Waals surface area contributed by atoms with Crippen molar-refractivity contribution < 1.29 is 8.42 Å². The molecule has 0 amide bonds. The van der Waals surface area contributed by atoms with Crippen molar-refractivity contribution in [3.63, 3.8) is 0 Å². The van der Waals surface area contributed by atoms with E-state index in [-0.39, 0.29) is 6.04 Å². The Bertz CT molecular complexity index is 746. The van der Waals surface area contributed by atoms with Gasteiger partial charge in [-0.3, -0.25) is 0 Å². The average molecular weight is 311 g/mol. The highest BCUT2D eigenvalue weighted by Gasteiger charge is 2.21. The molecule has 20 heavy (non-hydrogen) atoms. The summed E-state index contributed by atoms with van der Waals surface area (Å²) in [6, 6.07) is 5.36. The normalized spacial score (nSPS) is 20.4. The zero-order valence-electron chi connectivity index (χ0n) is 11.5. The first-order valence-corrected chi connectivity index (χ1v) is 9.49. The van der Waals surface area contributed by atoms with Gasteiger partial charge in [-0.25, -0.2) is 13.4 Å². The number of imidazole rings is 1. The van der Waals surface area contributed by atoms with Gasteiger partial charge in [0.05, 0.1) is 22.0 Å². The van der Waals surface area contributed by atoms with Gasteiger partial charge >= 0.3 is 0 Å². The van der Waals surface area contributed by atoms with Crippen molar-refractivity contribution in [3.05, 3.63) is 24.0 Å². The van der Waals surface area contributed by atoms with E-state index in [0.29, 0.717) is 4.90 Å². The molecule has 7 heteroatoms. The third kappa shape index (κ3) is 2.45. The second kappa shape index (κ2) is 5.05. The predicted molar refractivity (Wildman–Crippen MR) is 81.9 cm³/mol. The highest BCUT2D eigenvalue weighted by atomic mass is 32.2. The first kappa shape index (κ1) is 13.9. The summed E-state index contributed by atoms with van der Waals surface area (Å²) in [5.74, 6) is 3.09. The zero-order valence-corrected chi connectivity index (χ0v) is 13.1. The van der Waals surface area contributed by atoms with Gasteiger partial charge in [0.1, 0.15) is 5.82 Å². The number of benzene rings is 1. The van der Waals surface area contributed by atoms with E-state index in [9.17, 15) is 8.42 Å². The number of sulfone groups is 1. The van der Waals surface area contributed by atoms with E-state index >= 15 is 0 Å². The van der Waals surface area contributed by atoms with E-state index in [1.165, 1.54) is 6.26 Å². The van der Waals surface area contributed by atoms with Gasteiger partial charge in [-0.1, -0.05) is 0 Å². The van der Waals surface area contributed by atoms with Crippen LogP contribution in [0, 0.1) is 0 Å². The summed E-state index contributed by atoms with van der Waals surface area (Å²) in [4.78, 5) is 4.95. The van der Waals surface area contributed by atoms with Crippen LogP contribution in [-0.4, -0.2) is 42.3 Å². The number of nitrogens with one attached hydrogen (secondary N) is 1. The molecule has 0 aliphatic carbocycles. The molecule has 0 spiro atoms. The lowest BCUT2D eigenvalue weighted by molar-refractivity contribution is 0.549. The van der Waals surface area contributed by atoms with Gasteiger partial charge in [-0.05, 0) is 18.2 Å². The van der Waals surface area contributed by atoms with Crippen molar-refractivity contribution in [3.8, 4) is 0 Å². The summed E-state index contributed by atoms with van der Waals surface area (Å²) < 4.78 is 25.3. The highest BCUT2D eigenvalue weighted by molar-refractivity contribution is 7.99. The molecule has 1 aromatic carbocycles. The molecule has 1 unspecified atom stereocenters. The van der Waals surface area contributed by atoms with Crippen LogP contribution >= 0.6 is 11.8 Å². The molecular weight excluding hydrogens is 294 g/mol. The van der Waals surface area contributed by atoms with Gasteiger partial charge in [-0.2, -0.15) is 11.8 Å². The summed E-state index contributed by atoms with van der Waals surface area (Å²) in [6.45, 7) is 0.979.